The van der Waals surface area contributed by atoms with Crippen molar-refractivity contribution in [3.8, 4) is 6.07 Å². The first-order valence-corrected chi connectivity index (χ1v) is 8.00. The van der Waals surface area contributed by atoms with Crippen LogP contribution < -0.4 is 5.32 Å². The van der Waals surface area contributed by atoms with Crippen molar-refractivity contribution < 1.29 is 0 Å². The molecule has 0 spiro atoms. The standard InChI is InChI=1S/C18H22N4/c19-11-17-2-1-3-18(10-17)21-12-15-4-6-16(7-5-15)13-22-9-8-20-14-22/h4-9,14,17-18,21H,1-3,10,12-13H2. The lowest BCUT2D eigenvalue weighted by Gasteiger charge is -2.26. The van der Waals surface area contributed by atoms with Crippen LogP contribution >= 0.6 is 0 Å². The lowest BCUT2D eigenvalue weighted by molar-refractivity contribution is 0.327. The summed E-state index contributed by atoms with van der Waals surface area (Å²) in [4.78, 5) is 4.06. The highest BCUT2D eigenvalue weighted by Crippen LogP contribution is 2.23. The fourth-order valence-corrected chi connectivity index (χ4v) is 3.11. The maximum absolute atomic E-state index is 9.05. The Kier molecular flexibility index (Phi) is 4.87. The van der Waals surface area contributed by atoms with Crippen LogP contribution in [0.25, 0.3) is 0 Å². The van der Waals surface area contributed by atoms with Crippen LogP contribution in [0.4, 0.5) is 0 Å². The second kappa shape index (κ2) is 7.24. The molecule has 1 aromatic carbocycles. The zero-order chi connectivity index (χ0) is 15.2. The summed E-state index contributed by atoms with van der Waals surface area (Å²) < 4.78 is 2.07. The number of hydrogen-bond donors (Lipinski definition) is 1. The smallest absolute Gasteiger partial charge is 0.0949 e. The Morgan fingerprint density at radius 3 is 2.77 bits per heavy atom. The first-order valence-electron chi connectivity index (χ1n) is 8.00. The van der Waals surface area contributed by atoms with Gasteiger partial charge in [-0.15, -0.1) is 0 Å². The Morgan fingerprint density at radius 2 is 2.05 bits per heavy atom. The van der Waals surface area contributed by atoms with Crippen LogP contribution in [0.5, 0.6) is 0 Å². The number of nitrogens with one attached hydrogen (secondary N) is 1. The van der Waals surface area contributed by atoms with Gasteiger partial charge in [0.15, 0.2) is 0 Å². The first kappa shape index (κ1) is 14.8. The monoisotopic (exact) mass is 294 g/mol. The third-order valence-electron chi connectivity index (χ3n) is 4.40. The maximum Gasteiger partial charge on any atom is 0.0949 e. The minimum absolute atomic E-state index is 0.240. The van der Waals surface area contributed by atoms with Crippen molar-refractivity contribution in [1.82, 2.24) is 14.9 Å². The van der Waals surface area contributed by atoms with Gasteiger partial charge in [-0.05, 0) is 30.4 Å². The van der Waals surface area contributed by atoms with Gasteiger partial charge in [0, 0.05) is 37.4 Å². The zero-order valence-corrected chi connectivity index (χ0v) is 12.8. The molecule has 1 aromatic heterocycles. The van der Waals surface area contributed by atoms with E-state index in [2.05, 4.69) is 45.2 Å². The summed E-state index contributed by atoms with van der Waals surface area (Å²) >= 11 is 0. The molecular weight excluding hydrogens is 272 g/mol. The van der Waals surface area contributed by atoms with Crippen LogP contribution in [-0.2, 0) is 13.1 Å². The lowest BCUT2D eigenvalue weighted by atomic mass is 9.86. The van der Waals surface area contributed by atoms with Gasteiger partial charge in [-0.25, -0.2) is 4.98 Å². The third kappa shape index (κ3) is 3.96. The molecule has 0 aliphatic heterocycles. The second-order valence-electron chi connectivity index (χ2n) is 6.12. The van der Waals surface area contributed by atoms with E-state index in [-0.39, 0.29) is 5.92 Å². The van der Waals surface area contributed by atoms with E-state index >= 15 is 0 Å². The van der Waals surface area contributed by atoms with Crippen LogP contribution in [-0.4, -0.2) is 15.6 Å². The zero-order valence-electron chi connectivity index (χ0n) is 12.8. The van der Waals surface area contributed by atoms with Crippen molar-refractivity contribution in [1.29, 1.82) is 5.26 Å². The predicted molar refractivity (Wildman–Crippen MR) is 86.0 cm³/mol. The lowest BCUT2D eigenvalue weighted by Crippen LogP contribution is -2.33. The molecule has 3 rings (SSSR count). The van der Waals surface area contributed by atoms with Crippen molar-refractivity contribution in [2.24, 2.45) is 5.92 Å². The Labute approximate surface area is 131 Å². The average Bonchev–Trinajstić information content (AvgIpc) is 3.07. The topological polar surface area (TPSA) is 53.6 Å². The van der Waals surface area contributed by atoms with Crippen molar-refractivity contribution in [3.05, 3.63) is 54.1 Å². The molecule has 4 nitrogen and oxygen atoms in total. The van der Waals surface area contributed by atoms with E-state index in [1.54, 1.807) is 6.20 Å². The molecule has 1 saturated carbocycles. The molecule has 22 heavy (non-hydrogen) atoms. The quantitative estimate of drug-likeness (QED) is 0.922. The van der Waals surface area contributed by atoms with Crippen molar-refractivity contribution >= 4 is 0 Å². The molecule has 1 fully saturated rings. The van der Waals surface area contributed by atoms with Crippen LogP contribution in [0.3, 0.4) is 0 Å². The summed E-state index contributed by atoms with van der Waals surface area (Å²) in [6, 6.07) is 11.6. The average molecular weight is 294 g/mol. The van der Waals surface area contributed by atoms with E-state index in [1.165, 1.54) is 24.0 Å². The minimum Gasteiger partial charge on any atom is -0.333 e. The summed E-state index contributed by atoms with van der Waals surface area (Å²) in [7, 11) is 0. The second-order valence-corrected chi connectivity index (χ2v) is 6.12. The molecule has 0 radical (unpaired) electrons. The van der Waals surface area contributed by atoms with E-state index in [9.17, 15) is 0 Å². The van der Waals surface area contributed by atoms with E-state index in [4.69, 9.17) is 5.26 Å². The Morgan fingerprint density at radius 1 is 1.23 bits per heavy atom. The van der Waals surface area contributed by atoms with Crippen LogP contribution in [0.1, 0.15) is 36.8 Å². The minimum atomic E-state index is 0.240. The predicted octanol–water partition coefficient (Wildman–Crippen LogP) is 3.10. The molecule has 0 saturated heterocycles. The Bertz CT molecular complexity index is 610. The first-order chi connectivity index (χ1) is 10.8. The SMILES string of the molecule is N#CC1CCCC(NCc2ccc(Cn3ccnc3)cc2)C1. The van der Waals surface area contributed by atoms with Gasteiger partial charge in [0.2, 0.25) is 0 Å². The van der Waals surface area contributed by atoms with Crippen LogP contribution in [0, 0.1) is 17.2 Å². The van der Waals surface area contributed by atoms with E-state index in [0.29, 0.717) is 6.04 Å². The fourth-order valence-electron chi connectivity index (χ4n) is 3.11. The molecule has 2 unspecified atom stereocenters. The van der Waals surface area contributed by atoms with Crippen molar-refractivity contribution in [2.45, 2.75) is 44.8 Å². The summed E-state index contributed by atoms with van der Waals surface area (Å²) in [6.07, 6.45) is 10.0. The number of hydrogen-bond acceptors (Lipinski definition) is 3. The highest BCUT2D eigenvalue weighted by molar-refractivity contribution is 5.22. The Hall–Kier alpha value is -2.12. The molecule has 1 heterocycles. The van der Waals surface area contributed by atoms with Gasteiger partial charge in [-0.1, -0.05) is 30.7 Å². The highest BCUT2D eigenvalue weighted by atomic mass is 15.0. The number of nitriles is 1. The molecule has 114 valence electrons. The van der Waals surface area contributed by atoms with E-state index in [0.717, 1.165) is 25.9 Å². The molecule has 1 N–H and O–H groups in total. The number of aromatic nitrogens is 2. The summed E-state index contributed by atoms with van der Waals surface area (Å²) in [6.45, 7) is 1.74. The normalized spacial score (nSPS) is 21.4. The van der Waals surface area contributed by atoms with E-state index < -0.39 is 0 Å². The molecule has 1 aliphatic rings. The van der Waals surface area contributed by atoms with Gasteiger partial charge in [0.1, 0.15) is 0 Å². The summed E-state index contributed by atoms with van der Waals surface area (Å²) in [5.74, 6) is 0.240. The van der Waals surface area contributed by atoms with E-state index in [1.807, 2.05) is 12.5 Å². The molecule has 1 aliphatic carbocycles. The molecule has 0 amide bonds. The molecule has 0 bridgehead atoms. The van der Waals surface area contributed by atoms with Gasteiger partial charge >= 0.3 is 0 Å². The largest absolute Gasteiger partial charge is 0.333 e. The number of nitrogens with zero attached hydrogens (tertiary/aromatic N) is 3. The molecule has 4 heteroatoms. The van der Waals surface area contributed by atoms with Gasteiger partial charge in [0.25, 0.3) is 0 Å². The van der Waals surface area contributed by atoms with Crippen LogP contribution in [0.15, 0.2) is 43.0 Å². The van der Waals surface area contributed by atoms with Gasteiger partial charge in [-0.2, -0.15) is 5.26 Å². The molecular formula is C18H22N4. The number of imidazole rings is 1. The van der Waals surface area contributed by atoms with Crippen molar-refractivity contribution in [3.63, 3.8) is 0 Å². The van der Waals surface area contributed by atoms with Crippen LogP contribution in [0.2, 0.25) is 0 Å². The number of rotatable bonds is 5. The maximum atomic E-state index is 9.05. The molecule has 2 aromatic rings. The third-order valence-corrected chi connectivity index (χ3v) is 4.40. The van der Waals surface area contributed by atoms with Gasteiger partial charge in [-0.3, -0.25) is 0 Å². The van der Waals surface area contributed by atoms with Gasteiger partial charge in [0.05, 0.1) is 12.4 Å². The highest BCUT2D eigenvalue weighted by Gasteiger charge is 2.20. The van der Waals surface area contributed by atoms with Crippen molar-refractivity contribution in [2.75, 3.05) is 0 Å². The summed E-state index contributed by atoms with van der Waals surface area (Å²) in [5.41, 5.74) is 2.58. The molecule has 2 atom stereocenters. The van der Waals surface area contributed by atoms with Gasteiger partial charge < -0.3 is 9.88 Å². The fraction of sp³-hybridized carbons (Fsp3) is 0.444. The Balaban J connectivity index is 1.50. The number of benzene rings is 1. The summed E-state index contributed by atoms with van der Waals surface area (Å²) in [5, 5.41) is 12.6.